The van der Waals surface area contributed by atoms with Crippen LogP contribution in [0.1, 0.15) is 54.4 Å². The van der Waals surface area contributed by atoms with E-state index in [0.29, 0.717) is 23.0 Å². The third-order valence-electron chi connectivity index (χ3n) is 5.28. The second-order valence-electron chi connectivity index (χ2n) is 7.40. The Labute approximate surface area is 166 Å². The predicted molar refractivity (Wildman–Crippen MR) is 109 cm³/mol. The Hall–Kier alpha value is -2.88. The van der Waals surface area contributed by atoms with E-state index in [4.69, 9.17) is 9.47 Å². The zero-order valence-corrected chi connectivity index (χ0v) is 16.2. The topological polar surface area (TPSA) is 52.6 Å². The Morgan fingerprint density at radius 1 is 0.964 bits per heavy atom. The van der Waals surface area contributed by atoms with Crippen molar-refractivity contribution in [3.05, 3.63) is 72.3 Å². The second-order valence-corrected chi connectivity index (χ2v) is 7.40. The van der Waals surface area contributed by atoms with E-state index in [0.717, 1.165) is 5.92 Å². The molecular formula is C24H26O4. The molecule has 0 amide bonds. The maximum absolute atomic E-state index is 12.3. The zero-order chi connectivity index (χ0) is 19.9. The summed E-state index contributed by atoms with van der Waals surface area (Å²) in [4.78, 5) is 23.5. The minimum atomic E-state index is -0.423. The Kier molecular flexibility index (Phi) is 6.64. The van der Waals surface area contributed by atoms with Crippen LogP contribution >= 0.6 is 0 Å². The highest BCUT2D eigenvalue weighted by Gasteiger charge is 2.19. The molecular weight excluding hydrogens is 352 g/mol. The van der Waals surface area contributed by atoms with E-state index in [2.05, 4.69) is 25.6 Å². The van der Waals surface area contributed by atoms with Crippen LogP contribution in [0.25, 0.3) is 0 Å². The quantitative estimate of drug-likeness (QED) is 0.371. The average Bonchev–Trinajstić information content (AvgIpc) is 2.73. The molecule has 28 heavy (non-hydrogen) atoms. The average molecular weight is 378 g/mol. The molecule has 1 aliphatic carbocycles. The molecule has 0 saturated heterocycles. The molecule has 4 heteroatoms. The predicted octanol–water partition coefficient (Wildman–Crippen LogP) is 5.33. The highest BCUT2D eigenvalue weighted by atomic mass is 16.5. The molecule has 0 radical (unpaired) electrons. The standard InChI is InChI=1S/C24H26O4/c1-3-21(25)16-27-22-12-10-20(11-13-22)24(26)28-23-14-8-19(9-15-23)18-6-4-17(2)5-7-18/h3,8-15,17-18H,1,4-7,16H2,2H3. The van der Waals surface area contributed by atoms with Crippen molar-refractivity contribution in [3.63, 3.8) is 0 Å². The van der Waals surface area contributed by atoms with Crippen molar-refractivity contribution in [2.24, 2.45) is 5.92 Å². The normalized spacial score (nSPS) is 18.9. The Morgan fingerprint density at radius 2 is 1.57 bits per heavy atom. The molecule has 0 atom stereocenters. The summed E-state index contributed by atoms with van der Waals surface area (Å²) >= 11 is 0. The van der Waals surface area contributed by atoms with Crippen molar-refractivity contribution in [3.8, 4) is 11.5 Å². The Morgan fingerprint density at radius 3 is 2.18 bits per heavy atom. The lowest BCUT2D eigenvalue weighted by atomic mass is 9.79. The fourth-order valence-corrected chi connectivity index (χ4v) is 3.47. The van der Waals surface area contributed by atoms with Gasteiger partial charge in [0.2, 0.25) is 0 Å². The van der Waals surface area contributed by atoms with Gasteiger partial charge in [-0.25, -0.2) is 4.79 Å². The molecule has 1 fully saturated rings. The lowest BCUT2D eigenvalue weighted by molar-refractivity contribution is -0.116. The van der Waals surface area contributed by atoms with Crippen LogP contribution < -0.4 is 9.47 Å². The monoisotopic (exact) mass is 378 g/mol. The van der Waals surface area contributed by atoms with Crippen LogP contribution in [-0.2, 0) is 4.79 Å². The Bertz CT molecular complexity index is 813. The van der Waals surface area contributed by atoms with Crippen LogP contribution in [-0.4, -0.2) is 18.4 Å². The van der Waals surface area contributed by atoms with Gasteiger partial charge < -0.3 is 9.47 Å². The fraction of sp³-hybridized carbons (Fsp3) is 0.333. The maximum Gasteiger partial charge on any atom is 0.343 e. The van der Waals surface area contributed by atoms with E-state index in [9.17, 15) is 9.59 Å². The van der Waals surface area contributed by atoms with Gasteiger partial charge in [0, 0.05) is 0 Å². The molecule has 2 aromatic carbocycles. The molecule has 1 saturated carbocycles. The summed E-state index contributed by atoms with van der Waals surface area (Å²) in [7, 11) is 0. The fourth-order valence-electron chi connectivity index (χ4n) is 3.47. The molecule has 2 aromatic rings. The summed E-state index contributed by atoms with van der Waals surface area (Å²) in [6.07, 6.45) is 6.23. The first-order chi connectivity index (χ1) is 13.5. The second kappa shape index (κ2) is 9.36. The summed E-state index contributed by atoms with van der Waals surface area (Å²) < 4.78 is 10.8. The van der Waals surface area contributed by atoms with Gasteiger partial charge in [0.05, 0.1) is 5.56 Å². The van der Waals surface area contributed by atoms with Crippen molar-refractivity contribution in [1.29, 1.82) is 0 Å². The smallest absolute Gasteiger partial charge is 0.343 e. The van der Waals surface area contributed by atoms with Crippen LogP contribution in [0.3, 0.4) is 0 Å². The van der Waals surface area contributed by atoms with Crippen LogP contribution in [0.4, 0.5) is 0 Å². The lowest BCUT2D eigenvalue weighted by Gasteiger charge is -2.26. The number of rotatable bonds is 7. The summed E-state index contributed by atoms with van der Waals surface area (Å²) in [5.41, 5.74) is 1.75. The molecule has 146 valence electrons. The molecule has 0 aliphatic heterocycles. The van der Waals surface area contributed by atoms with Crippen molar-refractivity contribution < 1.29 is 19.1 Å². The van der Waals surface area contributed by atoms with E-state index in [-0.39, 0.29) is 12.4 Å². The highest BCUT2D eigenvalue weighted by Crippen LogP contribution is 2.36. The number of benzene rings is 2. The van der Waals surface area contributed by atoms with Gasteiger partial charge in [-0.1, -0.05) is 38.5 Å². The number of esters is 1. The zero-order valence-electron chi connectivity index (χ0n) is 16.2. The first kappa shape index (κ1) is 19.9. The van der Waals surface area contributed by atoms with Gasteiger partial charge in [-0.2, -0.15) is 0 Å². The third-order valence-corrected chi connectivity index (χ3v) is 5.28. The van der Waals surface area contributed by atoms with E-state index >= 15 is 0 Å². The van der Waals surface area contributed by atoms with Crippen LogP contribution in [0.2, 0.25) is 0 Å². The Balaban J connectivity index is 1.55. The lowest BCUT2D eigenvalue weighted by Crippen LogP contribution is -2.11. The number of ketones is 1. The highest BCUT2D eigenvalue weighted by molar-refractivity contribution is 5.91. The van der Waals surface area contributed by atoms with Gasteiger partial charge in [-0.15, -0.1) is 0 Å². The van der Waals surface area contributed by atoms with Crippen LogP contribution in [0.5, 0.6) is 11.5 Å². The summed E-state index contributed by atoms with van der Waals surface area (Å²) in [5.74, 6) is 1.87. The molecule has 3 rings (SSSR count). The van der Waals surface area contributed by atoms with E-state index in [1.54, 1.807) is 24.3 Å². The molecule has 0 heterocycles. The molecule has 0 aromatic heterocycles. The van der Waals surface area contributed by atoms with E-state index in [1.807, 2.05) is 12.1 Å². The van der Waals surface area contributed by atoms with Crippen molar-refractivity contribution >= 4 is 11.8 Å². The SMILES string of the molecule is C=CC(=O)COc1ccc(C(=O)Oc2ccc(C3CCC(C)CC3)cc2)cc1. The maximum atomic E-state index is 12.3. The van der Waals surface area contributed by atoms with Gasteiger partial charge in [0.15, 0.2) is 12.4 Å². The molecule has 0 bridgehead atoms. The van der Waals surface area contributed by atoms with E-state index in [1.165, 1.54) is 37.3 Å². The minimum absolute atomic E-state index is 0.0699. The number of hydrogen-bond donors (Lipinski definition) is 0. The molecule has 4 nitrogen and oxygen atoms in total. The van der Waals surface area contributed by atoms with Gasteiger partial charge in [-0.05, 0) is 72.7 Å². The number of carbonyl (C=O) groups excluding carboxylic acids is 2. The van der Waals surface area contributed by atoms with E-state index < -0.39 is 5.97 Å². The van der Waals surface area contributed by atoms with Crippen molar-refractivity contribution in [2.75, 3.05) is 6.61 Å². The summed E-state index contributed by atoms with van der Waals surface area (Å²) in [5, 5.41) is 0. The van der Waals surface area contributed by atoms with Crippen molar-refractivity contribution in [1.82, 2.24) is 0 Å². The van der Waals surface area contributed by atoms with Crippen molar-refractivity contribution in [2.45, 2.75) is 38.5 Å². The molecule has 0 spiro atoms. The van der Waals surface area contributed by atoms with Gasteiger partial charge >= 0.3 is 5.97 Å². The molecule has 0 N–H and O–H groups in total. The van der Waals surface area contributed by atoms with Gasteiger partial charge in [0.1, 0.15) is 11.5 Å². The van der Waals surface area contributed by atoms with Crippen LogP contribution in [0, 0.1) is 5.92 Å². The van der Waals surface area contributed by atoms with Crippen LogP contribution in [0.15, 0.2) is 61.2 Å². The third kappa shape index (κ3) is 5.32. The first-order valence-electron chi connectivity index (χ1n) is 9.75. The largest absolute Gasteiger partial charge is 0.485 e. The van der Waals surface area contributed by atoms with Gasteiger partial charge in [-0.3, -0.25) is 4.79 Å². The minimum Gasteiger partial charge on any atom is -0.485 e. The molecule has 1 aliphatic rings. The summed E-state index contributed by atoms with van der Waals surface area (Å²) in [6, 6.07) is 14.4. The first-order valence-corrected chi connectivity index (χ1v) is 9.75. The molecule has 0 unspecified atom stereocenters. The number of carbonyl (C=O) groups is 2. The number of ether oxygens (including phenoxy) is 2. The number of hydrogen-bond acceptors (Lipinski definition) is 4. The van der Waals surface area contributed by atoms with Gasteiger partial charge in [0.25, 0.3) is 0 Å². The summed E-state index contributed by atoms with van der Waals surface area (Å²) in [6.45, 7) is 5.64.